The summed E-state index contributed by atoms with van der Waals surface area (Å²) in [6, 6.07) is 0. The molecule has 0 aromatic heterocycles. The first-order valence-electron chi connectivity index (χ1n) is 23.7. The van der Waals surface area contributed by atoms with Gasteiger partial charge in [-0.25, -0.2) is 4.57 Å². The number of hydrogen-bond donors (Lipinski definition) is 4. The molecule has 0 radical (unpaired) electrons. The fourth-order valence-corrected chi connectivity index (χ4v) is 7.17. The minimum atomic E-state index is -4.46. The average molecular weight is 923 g/mol. The van der Waals surface area contributed by atoms with Gasteiger partial charge in [0.15, 0.2) is 12.4 Å². The minimum Gasteiger partial charge on any atom is -0.462 e. The van der Waals surface area contributed by atoms with E-state index in [1.807, 2.05) is 33.3 Å². The van der Waals surface area contributed by atoms with Crippen molar-refractivity contribution in [2.75, 3.05) is 47.5 Å². The predicted molar refractivity (Wildman–Crippen MR) is 255 cm³/mol. The maximum absolute atomic E-state index is 12.8. The molecule has 13 nitrogen and oxygen atoms in total. The van der Waals surface area contributed by atoms with E-state index in [-0.39, 0.29) is 38.4 Å². The predicted octanol–water partition coefficient (Wildman–Crippen LogP) is 9.68. The normalized spacial score (nSPS) is 20.8. The number of nitrogens with zero attached hydrogens (tertiary/aromatic N) is 1. The second kappa shape index (κ2) is 37.2. The van der Waals surface area contributed by atoms with Crippen molar-refractivity contribution < 1.29 is 62.1 Å². The van der Waals surface area contributed by atoms with Gasteiger partial charge in [0.25, 0.3) is 0 Å². The number of ether oxygens (including phenoxy) is 3. The number of allylic oxidation sites excluding steroid dienone is 12. The summed E-state index contributed by atoms with van der Waals surface area (Å²) in [7, 11) is 1.29. The van der Waals surface area contributed by atoms with Crippen LogP contribution in [0.1, 0.15) is 136 Å². The van der Waals surface area contributed by atoms with Crippen molar-refractivity contribution >= 4 is 19.8 Å². The molecule has 0 saturated carbocycles. The number of quaternary nitrogens is 1. The molecule has 366 valence electrons. The number of rotatable bonds is 37. The van der Waals surface area contributed by atoms with Crippen LogP contribution in [0.5, 0.6) is 0 Å². The van der Waals surface area contributed by atoms with Gasteiger partial charge in [0.05, 0.1) is 46.1 Å². The van der Waals surface area contributed by atoms with Crippen LogP contribution in [-0.4, -0.2) is 115 Å². The molecule has 14 heteroatoms. The van der Waals surface area contributed by atoms with Gasteiger partial charge in [-0.3, -0.25) is 18.6 Å². The quantitative estimate of drug-likeness (QED) is 0.0153. The Morgan fingerprint density at radius 2 is 1.36 bits per heavy atom. The molecule has 1 rings (SSSR count). The Labute approximate surface area is 385 Å². The Morgan fingerprint density at radius 1 is 0.750 bits per heavy atom. The number of carbonyl (C=O) groups is 2. The van der Waals surface area contributed by atoms with Gasteiger partial charge in [0.2, 0.25) is 0 Å². The van der Waals surface area contributed by atoms with Crippen LogP contribution in [0.3, 0.4) is 0 Å². The minimum absolute atomic E-state index is 0.0239. The van der Waals surface area contributed by atoms with E-state index in [2.05, 4.69) is 74.6 Å². The molecule has 0 aromatic rings. The molecule has 0 aromatic carbocycles. The number of unbranched alkanes of at least 4 members (excludes halogenated alkanes) is 6. The molecular formula is C50H85NO12P+. The highest BCUT2D eigenvalue weighted by Gasteiger charge is 2.35. The maximum atomic E-state index is 12.8. The Bertz CT molecular complexity index is 1480. The van der Waals surface area contributed by atoms with Crippen LogP contribution in [0, 0.1) is 5.92 Å². The molecule has 1 fully saturated rings. The summed E-state index contributed by atoms with van der Waals surface area (Å²) in [5.74, 6) is -1.35. The molecule has 0 spiro atoms. The van der Waals surface area contributed by atoms with E-state index in [1.54, 1.807) is 12.2 Å². The summed E-state index contributed by atoms with van der Waals surface area (Å²) in [4.78, 5) is 35.7. The summed E-state index contributed by atoms with van der Waals surface area (Å²) in [5.41, 5.74) is 0. The number of carbonyl (C=O) groups excluding carboxylic acids is 2. The summed E-state index contributed by atoms with van der Waals surface area (Å²) in [6.45, 7) is 3.83. The Morgan fingerprint density at radius 3 is 2.00 bits per heavy atom. The van der Waals surface area contributed by atoms with Crippen LogP contribution < -0.4 is 0 Å². The van der Waals surface area contributed by atoms with Crippen molar-refractivity contribution in [1.29, 1.82) is 0 Å². The van der Waals surface area contributed by atoms with Crippen molar-refractivity contribution in [3.8, 4) is 0 Å². The van der Waals surface area contributed by atoms with Crippen molar-refractivity contribution in [2.24, 2.45) is 5.92 Å². The number of phosphoric acid groups is 1. The molecular weight excluding hydrogens is 838 g/mol. The zero-order valence-electron chi connectivity index (χ0n) is 39.8. The van der Waals surface area contributed by atoms with E-state index in [1.165, 1.54) is 0 Å². The second-order valence-corrected chi connectivity index (χ2v) is 18.7. The Kier molecular flexibility index (Phi) is 34.3. The number of hydrogen-bond acceptors (Lipinski definition) is 11. The molecule has 0 amide bonds. The molecule has 1 aliphatic rings. The van der Waals surface area contributed by atoms with E-state index in [0.29, 0.717) is 43.1 Å². The monoisotopic (exact) mass is 923 g/mol. The molecule has 1 aliphatic heterocycles. The summed E-state index contributed by atoms with van der Waals surface area (Å²) in [5, 5.41) is 31.0. The topological polar surface area (TPSA) is 178 Å². The van der Waals surface area contributed by atoms with Crippen LogP contribution in [0.2, 0.25) is 0 Å². The van der Waals surface area contributed by atoms with Gasteiger partial charge in [-0.15, -0.1) is 0 Å². The molecule has 4 N–H and O–H groups in total. The number of aliphatic hydroxyl groups excluding tert-OH is 3. The van der Waals surface area contributed by atoms with E-state index in [9.17, 15) is 34.4 Å². The lowest BCUT2D eigenvalue weighted by Crippen LogP contribution is -2.43. The number of likely N-dealkylation sites (N-methyl/N-ethyl adjacent to an activating group) is 1. The molecule has 2 unspecified atom stereocenters. The molecule has 1 heterocycles. The zero-order valence-corrected chi connectivity index (χ0v) is 40.7. The maximum Gasteiger partial charge on any atom is 0.472 e. The van der Waals surface area contributed by atoms with Crippen LogP contribution in [0.4, 0.5) is 0 Å². The van der Waals surface area contributed by atoms with Gasteiger partial charge < -0.3 is 38.9 Å². The molecule has 0 bridgehead atoms. The summed E-state index contributed by atoms with van der Waals surface area (Å²) in [6.07, 6.45) is 38.2. The van der Waals surface area contributed by atoms with Gasteiger partial charge in [-0.1, -0.05) is 125 Å². The van der Waals surface area contributed by atoms with Crippen molar-refractivity contribution in [2.45, 2.75) is 167 Å². The lowest BCUT2D eigenvalue weighted by atomic mass is 9.87. The standard InChI is InChI=1S/C50H84NO12P/c1-6-8-10-11-12-13-14-15-16-17-18-19-20-21-22-23-24-25-31-35-49(55)62-44(42-61-64(57,58)60-39-38-51(3,4)5)41-59-48(54)34-30-27-26-29-33-45-46(53)40-50(56)63-47(45)37-36-43(52)32-28-9-7-2/h8,10,12-13,15-16,18-19,21-22,26,29,36-37,43-47,50,52-53,56H,6-7,9,11,14,17,20,23-25,27-28,30-35,38-42H2,1-5H3/p+1/b10-8-,13-12-,16-15-,19-18-,22-21-,29-26-,37-36+/t43-,44+,45-,46-,47+,50?/m0/s1. The highest BCUT2D eigenvalue weighted by atomic mass is 31.2. The molecule has 1 saturated heterocycles. The SMILES string of the molecule is CC/C=C\C/C=C\C/C=C\C/C=C\C/C=C\CCCCCC(=O)O[C@H](COC(=O)CCC/C=C\C[C@H]1[C@@H](O)CC(O)O[C@@H]1/C=C/[C@@H](O)CCCCC)COP(=O)(O)OCC[N+](C)(C)C. The Balaban J connectivity index is 2.53. The fourth-order valence-electron chi connectivity index (χ4n) is 6.43. The van der Waals surface area contributed by atoms with E-state index < -0.39 is 57.1 Å². The third-order valence-electron chi connectivity index (χ3n) is 10.2. The van der Waals surface area contributed by atoms with Gasteiger partial charge >= 0.3 is 19.8 Å². The Hall–Kier alpha value is -2.97. The van der Waals surface area contributed by atoms with Crippen LogP contribution >= 0.6 is 7.82 Å². The van der Waals surface area contributed by atoms with Gasteiger partial charge in [0, 0.05) is 25.2 Å². The highest BCUT2D eigenvalue weighted by molar-refractivity contribution is 7.47. The zero-order chi connectivity index (χ0) is 47.3. The lowest BCUT2D eigenvalue weighted by molar-refractivity contribution is -0.870. The fraction of sp³-hybridized carbons (Fsp3) is 0.680. The van der Waals surface area contributed by atoms with Crippen LogP contribution in [0.25, 0.3) is 0 Å². The van der Waals surface area contributed by atoms with E-state index in [0.717, 1.165) is 70.6 Å². The first-order valence-corrected chi connectivity index (χ1v) is 25.2. The molecule has 7 atom stereocenters. The highest BCUT2D eigenvalue weighted by Crippen LogP contribution is 2.43. The lowest BCUT2D eigenvalue weighted by Gasteiger charge is -2.36. The molecule has 64 heavy (non-hydrogen) atoms. The van der Waals surface area contributed by atoms with E-state index >= 15 is 0 Å². The summed E-state index contributed by atoms with van der Waals surface area (Å²) < 4.78 is 39.9. The summed E-state index contributed by atoms with van der Waals surface area (Å²) >= 11 is 0. The first-order chi connectivity index (χ1) is 30.7. The van der Waals surface area contributed by atoms with Crippen molar-refractivity contribution in [3.63, 3.8) is 0 Å². The van der Waals surface area contributed by atoms with Gasteiger partial charge in [-0.05, 0) is 77.0 Å². The smallest absolute Gasteiger partial charge is 0.462 e. The second-order valence-electron chi connectivity index (χ2n) is 17.3. The third kappa shape index (κ3) is 34.4. The number of esters is 2. The van der Waals surface area contributed by atoms with Crippen molar-refractivity contribution in [3.05, 3.63) is 85.1 Å². The van der Waals surface area contributed by atoms with Gasteiger partial charge in [0.1, 0.15) is 19.8 Å². The van der Waals surface area contributed by atoms with Crippen LogP contribution in [-0.2, 0) is 37.4 Å². The van der Waals surface area contributed by atoms with Crippen molar-refractivity contribution in [1.82, 2.24) is 0 Å². The average Bonchev–Trinajstić information content (AvgIpc) is 3.23. The molecule has 0 aliphatic carbocycles. The largest absolute Gasteiger partial charge is 0.472 e. The van der Waals surface area contributed by atoms with Gasteiger partial charge in [-0.2, -0.15) is 0 Å². The van der Waals surface area contributed by atoms with E-state index in [4.69, 9.17) is 23.3 Å². The first kappa shape index (κ1) is 59.0. The number of phosphoric ester groups is 1. The third-order valence-corrected chi connectivity index (χ3v) is 11.2. The van der Waals surface area contributed by atoms with Crippen LogP contribution in [0.15, 0.2) is 85.1 Å². The number of aliphatic hydroxyl groups is 3.